The second-order valence-electron chi connectivity index (χ2n) is 13.1. The Balaban J connectivity index is 1.24. The fourth-order valence-corrected chi connectivity index (χ4v) is 9.65. The van der Waals surface area contributed by atoms with Gasteiger partial charge in [-0.15, -0.1) is 0 Å². The van der Waals surface area contributed by atoms with E-state index in [9.17, 15) is 4.79 Å². The molecule has 0 aromatic heterocycles. The van der Waals surface area contributed by atoms with Crippen molar-refractivity contribution >= 4 is 11.4 Å². The lowest BCUT2D eigenvalue weighted by Gasteiger charge is -2.58. The number of benzene rings is 2. The fourth-order valence-electron chi connectivity index (χ4n) is 9.65. The van der Waals surface area contributed by atoms with E-state index in [2.05, 4.69) is 93.6 Å². The van der Waals surface area contributed by atoms with Crippen LogP contribution in [0.4, 0.5) is 0 Å². The number of allylic oxidation sites excluding steroid dienone is 3. The van der Waals surface area contributed by atoms with E-state index in [0.717, 1.165) is 43.4 Å². The highest BCUT2D eigenvalue weighted by molar-refractivity contribution is 5.89. The van der Waals surface area contributed by atoms with Gasteiger partial charge in [-0.25, -0.2) is 0 Å². The normalized spacial score (nSPS) is 35.5. The van der Waals surface area contributed by atoms with Crippen molar-refractivity contribution in [1.29, 1.82) is 0 Å². The molecule has 2 aromatic carbocycles. The summed E-state index contributed by atoms with van der Waals surface area (Å²) in [7, 11) is 0. The lowest BCUT2D eigenvalue weighted by Crippen LogP contribution is -2.53. The summed E-state index contributed by atoms with van der Waals surface area (Å²) < 4.78 is 0. The van der Waals surface area contributed by atoms with Gasteiger partial charge >= 0.3 is 0 Å². The van der Waals surface area contributed by atoms with Crippen molar-refractivity contribution in [3.05, 3.63) is 89.5 Å². The van der Waals surface area contributed by atoms with Gasteiger partial charge in [-0.1, -0.05) is 92.2 Å². The predicted octanol–water partition coefficient (Wildman–Crippen LogP) is 9.29. The maximum absolute atomic E-state index is 13.3. The Bertz CT molecular complexity index is 1150. The molecule has 1 nitrogen and oxygen atoms in total. The molecule has 2 aromatic rings. The molecule has 3 saturated carbocycles. The van der Waals surface area contributed by atoms with Crippen LogP contribution in [0.15, 0.2) is 78.4 Å². The molecule has 1 heteroatoms. The number of ketones is 1. The van der Waals surface area contributed by atoms with E-state index in [4.69, 9.17) is 0 Å². The van der Waals surface area contributed by atoms with Gasteiger partial charge in [0.15, 0.2) is 0 Å². The van der Waals surface area contributed by atoms with Crippen LogP contribution in [-0.2, 0) is 4.79 Å². The van der Waals surface area contributed by atoms with Crippen LogP contribution in [0.2, 0.25) is 0 Å². The lowest BCUT2D eigenvalue weighted by atomic mass is 9.46. The molecule has 3 fully saturated rings. The van der Waals surface area contributed by atoms with Crippen LogP contribution in [0.1, 0.15) is 89.7 Å². The summed E-state index contributed by atoms with van der Waals surface area (Å²) in [6.45, 7) is 7.48. The van der Waals surface area contributed by atoms with Gasteiger partial charge in [0.2, 0.25) is 0 Å². The van der Waals surface area contributed by atoms with Crippen molar-refractivity contribution in [3.63, 3.8) is 0 Å². The third-order valence-electron chi connectivity index (χ3n) is 11.6. The first-order chi connectivity index (χ1) is 17.9. The minimum Gasteiger partial charge on any atom is -0.299 e. The van der Waals surface area contributed by atoms with Gasteiger partial charge in [-0.2, -0.15) is 0 Å². The predicted molar refractivity (Wildman–Crippen MR) is 154 cm³/mol. The van der Waals surface area contributed by atoms with E-state index >= 15 is 0 Å². The Kier molecular flexibility index (Phi) is 6.54. The van der Waals surface area contributed by atoms with E-state index in [-0.39, 0.29) is 5.41 Å². The van der Waals surface area contributed by atoms with E-state index < -0.39 is 0 Å². The van der Waals surface area contributed by atoms with Crippen molar-refractivity contribution in [1.82, 2.24) is 0 Å². The van der Waals surface area contributed by atoms with E-state index in [1.54, 1.807) is 0 Å². The number of hydrogen-bond donors (Lipinski definition) is 0. The highest BCUT2D eigenvalue weighted by Gasteiger charge is 2.60. The SMILES string of the molecule is C[C@H](CC=C(c1ccccc1)c1ccccc1)[C@@H]1CC[C@@H]2[C@H]3CCC4=CCCC(=O)[C@]4(C)[C@@H]3CC[C@]21C. The molecule has 0 bridgehead atoms. The molecule has 4 aliphatic carbocycles. The fraction of sp³-hybridized carbons (Fsp3) is 0.528. The summed E-state index contributed by atoms with van der Waals surface area (Å²) in [5.41, 5.74) is 5.75. The first kappa shape index (κ1) is 24.9. The van der Waals surface area contributed by atoms with Crippen LogP contribution >= 0.6 is 0 Å². The Morgan fingerprint density at radius 2 is 1.57 bits per heavy atom. The molecule has 0 radical (unpaired) electrons. The van der Waals surface area contributed by atoms with E-state index in [1.165, 1.54) is 54.4 Å². The summed E-state index contributed by atoms with van der Waals surface area (Å²) in [5, 5.41) is 0. The highest BCUT2D eigenvalue weighted by atomic mass is 16.1. The standard InChI is InChI=1S/C36H44O/c1-25(17-19-29(26-11-6-4-7-12-26)27-13-8-5-9-14-27)31-21-22-32-30-20-18-28-15-10-16-34(37)36(28,3)33(30)23-24-35(31,32)2/h4-9,11-15,19,25,30-33H,10,16-18,20-24H2,1-3H3/t25-,30-,31+,32-,33-,35+,36+/m1/s1. The van der Waals surface area contributed by atoms with Gasteiger partial charge in [-0.05, 0) is 110 Å². The number of carbonyl (C=O) groups is 1. The Morgan fingerprint density at radius 1 is 0.892 bits per heavy atom. The van der Waals surface area contributed by atoms with Gasteiger partial charge < -0.3 is 0 Å². The molecule has 7 atom stereocenters. The minimum absolute atomic E-state index is 0.158. The van der Waals surface area contributed by atoms with E-state index in [0.29, 0.717) is 23.0 Å². The van der Waals surface area contributed by atoms with Crippen LogP contribution in [0.25, 0.3) is 5.57 Å². The highest BCUT2D eigenvalue weighted by Crippen LogP contribution is 2.67. The summed E-state index contributed by atoms with van der Waals surface area (Å²) in [6, 6.07) is 21.8. The average Bonchev–Trinajstić information content (AvgIpc) is 3.28. The Labute approximate surface area is 224 Å². The quantitative estimate of drug-likeness (QED) is 0.380. The van der Waals surface area contributed by atoms with Gasteiger partial charge in [0.1, 0.15) is 5.78 Å². The number of Topliss-reactive ketones (excluding diaryl/α,β-unsaturated/α-hetero) is 1. The van der Waals surface area contributed by atoms with E-state index in [1.807, 2.05) is 0 Å². The summed E-state index contributed by atoms with van der Waals surface area (Å²) in [6.07, 6.45) is 15.6. The zero-order valence-corrected chi connectivity index (χ0v) is 23.1. The van der Waals surface area contributed by atoms with Gasteiger partial charge in [0, 0.05) is 6.42 Å². The molecule has 0 unspecified atom stereocenters. The van der Waals surface area contributed by atoms with Gasteiger partial charge in [0.25, 0.3) is 0 Å². The Morgan fingerprint density at radius 3 is 2.24 bits per heavy atom. The third kappa shape index (κ3) is 4.08. The molecule has 0 N–H and O–H groups in total. The summed E-state index contributed by atoms with van der Waals surface area (Å²) in [5.74, 6) is 4.09. The first-order valence-corrected chi connectivity index (χ1v) is 15.0. The van der Waals surface area contributed by atoms with Crippen LogP contribution < -0.4 is 0 Å². The first-order valence-electron chi connectivity index (χ1n) is 15.0. The molecule has 0 amide bonds. The minimum atomic E-state index is -0.158. The summed E-state index contributed by atoms with van der Waals surface area (Å²) in [4.78, 5) is 13.3. The lowest BCUT2D eigenvalue weighted by molar-refractivity contribution is -0.137. The van der Waals surface area contributed by atoms with Crippen molar-refractivity contribution in [2.24, 2.45) is 40.4 Å². The van der Waals surface area contributed by atoms with Crippen molar-refractivity contribution < 1.29 is 4.79 Å². The third-order valence-corrected chi connectivity index (χ3v) is 11.6. The smallest absolute Gasteiger partial charge is 0.143 e. The number of fused-ring (bicyclic) bond motifs is 5. The Hall–Kier alpha value is -2.41. The molecule has 0 heterocycles. The van der Waals surface area contributed by atoms with Crippen LogP contribution in [-0.4, -0.2) is 5.78 Å². The molecule has 194 valence electrons. The van der Waals surface area contributed by atoms with Gasteiger partial charge in [-0.3, -0.25) is 4.79 Å². The van der Waals surface area contributed by atoms with Crippen LogP contribution in [0.5, 0.6) is 0 Å². The molecular formula is C36H44O. The molecule has 0 saturated heterocycles. The number of carbonyl (C=O) groups excluding carboxylic acids is 1. The molecule has 0 aliphatic heterocycles. The topological polar surface area (TPSA) is 17.1 Å². The molecular weight excluding hydrogens is 448 g/mol. The maximum atomic E-state index is 13.3. The molecule has 4 aliphatic rings. The van der Waals surface area contributed by atoms with Crippen LogP contribution in [0.3, 0.4) is 0 Å². The van der Waals surface area contributed by atoms with Gasteiger partial charge in [0.05, 0.1) is 5.41 Å². The zero-order chi connectivity index (χ0) is 25.6. The zero-order valence-electron chi connectivity index (χ0n) is 23.1. The second-order valence-corrected chi connectivity index (χ2v) is 13.1. The average molecular weight is 493 g/mol. The van der Waals surface area contributed by atoms with Crippen LogP contribution in [0, 0.1) is 40.4 Å². The second kappa shape index (κ2) is 9.72. The number of rotatable bonds is 5. The summed E-state index contributed by atoms with van der Waals surface area (Å²) >= 11 is 0. The number of hydrogen-bond acceptors (Lipinski definition) is 1. The van der Waals surface area contributed by atoms with Crippen molar-refractivity contribution in [2.45, 2.75) is 78.6 Å². The largest absolute Gasteiger partial charge is 0.299 e. The maximum Gasteiger partial charge on any atom is 0.143 e. The monoisotopic (exact) mass is 492 g/mol. The molecule has 37 heavy (non-hydrogen) atoms. The van der Waals surface area contributed by atoms with Crippen molar-refractivity contribution in [3.8, 4) is 0 Å². The molecule has 6 rings (SSSR count). The molecule has 0 spiro atoms. The van der Waals surface area contributed by atoms with Crippen molar-refractivity contribution in [2.75, 3.05) is 0 Å².